The molecule has 0 aliphatic carbocycles. The summed E-state index contributed by atoms with van der Waals surface area (Å²) >= 11 is 0. The Balaban J connectivity index is 3.22. The normalized spacial score (nSPS) is 11.9. The molecule has 84 valence electrons. The van der Waals surface area contributed by atoms with Crippen molar-refractivity contribution < 1.29 is 0 Å². The van der Waals surface area contributed by atoms with Crippen molar-refractivity contribution in [3.63, 3.8) is 0 Å². The minimum absolute atomic E-state index is 0.179. The molecule has 0 radical (unpaired) electrons. The van der Waals surface area contributed by atoms with Crippen LogP contribution in [-0.4, -0.2) is 0 Å². The van der Waals surface area contributed by atoms with E-state index in [1.807, 2.05) is 0 Å². The molecule has 1 aromatic rings. The smallest absolute Gasteiger partial charge is 0.00465 e. The number of aryl methyl sites for hydroxylation is 3. The molecule has 0 fully saturated rings. The van der Waals surface area contributed by atoms with Gasteiger partial charge in [0.2, 0.25) is 0 Å². The standard InChI is InChI=1S/C14H23P/c1-6-7-12-8-10(2)13(11(3)9-12)14(4,5)15/h8-9H,6-7,15H2,1-5H3. The van der Waals surface area contributed by atoms with Crippen LogP contribution in [0.1, 0.15) is 49.4 Å². The molecule has 0 aliphatic rings. The number of hydrogen-bond donors (Lipinski definition) is 0. The van der Waals surface area contributed by atoms with Gasteiger partial charge >= 0.3 is 0 Å². The largest absolute Gasteiger partial charge is 0.127 e. The van der Waals surface area contributed by atoms with Crippen LogP contribution in [0, 0.1) is 13.8 Å². The molecule has 1 unspecified atom stereocenters. The van der Waals surface area contributed by atoms with Crippen molar-refractivity contribution in [2.24, 2.45) is 0 Å². The van der Waals surface area contributed by atoms with Crippen LogP contribution in [0.25, 0.3) is 0 Å². The fraction of sp³-hybridized carbons (Fsp3) is 0.571. The molecule has 0 saturated heterocycles. The third kappa shape index (κ3) is 3.05. The molecule has 0 aromatic heterocycles. The minimum atomic E-state index is 0.179. The van der Waals surface area contributed by atoms with Gasteiger partial charge in [-0.3, -0.25) is 0 Å². The molecule has 0 saturated carbocycles. The quantitative estimate of drug-likeness (QED) is 0.666. The fourth-order valence-corrected chi connectivity index (χ4v) is 2.96. The summed E-state index contributed by atoms with van der Waals surface area (Å²) in [4.78, 5) is 0. The van der Waals surface area contributed by atoms with Gasteiger partial charge in [-0.15, -0.1) is 9.24 Å². The molecule has 0 nitrogen and oxygen atoms in total. The highest BCUT2D eigenvalue weighted by Crippen LogP contribution is 2.35. The van der Waals surface area contributed by atoms with Gasteiger partial charge in [0.1, 0.15) is 0 Å². The van der Waals surface area contributed by atoms with Crippen LogP contribution in [0.15, 0.2) is 12.1 Å². The maximum absolute atomic E-state index is 2.94. The zero-order valence-electron chi connectivity index (χ0n) is 10.6. The Hall–Kier alpha value is -0.350. The first-order valence-electron chi connectivity index (χ1n) is 5.75. The molecule has 1 atom stereocenters. The lowest BCUT2D eigenvalue weighted by Crippen LogP contribution is -2.11. The monoisotopic (exact) mass is 222 g/mol. The maximum Gasteiger partial charge on any atom is 0.00465 e. The van der Waals surface area contributed by atoms with Crippen LogP contribution in [-0.2, 0) is 11.6 Å². The van der Waals surface area contributed by atoms with Crippen molar-refractivity contribution in [1.82, 2.24) is 0 Å². The fourth-order valence-electron chi connectivity index (χ4n) is 2.50. The highest BCUT2D eigenvalue weighted by Gasteiger charge is 2.19. The third-order valence-electron chi connectivity index (χ3n) is 2.78. The number of benzene rings is 1. The molecule has 1 rings (SSSR count). The maximum atomic E-state index is 2.94. The van der Waals surface area contributed by atoms with Gasteiger partial charge in [-0.2, -0.15) is 0 Å². The predicted molar refractivity (Wildman–Crippen MR) is 72.6 cm³/mol. The second kappa shape index (κ2) is 4.66. The highest BCUT2D eigenvalue weighted by molar-refractivity contribution is 7.18. The van der Waals surface area contributed by atoms with Crippen LogP contribution in [0.4, 0.5) is 0 Å². The summed E-state index contributed by atoms with van der Waals surface area (Å²) in [6.45, 7) is 11.2. The molecule has 0 amide bonds. The molecular weight excluding hydrogens is 199 g/mol. The first kappa shape index (κ1) is 12.7. The van der Waals surface area contributed by atoms with Crippen LogP contribution < -0.4 is 0 Å². The molecule has 0 aliphatic heterocycles. The van der Waals surface area contributed by atoms with Gasteiger partial charge in [-0.05, 0) is 42.5 Å². The van der Waals surface area contributed by atoms with E-state index in [1.54, 1.807) is 0 Å². The van der Waals surface area contributed by atoms with Gasteiger partial charge in [-0.25, -0.2) is 0 Å². The summed E-state index contributed by atoms with van der Waals surface area (Å²) in [7, 11) is 2.94. The van der Waals surface area contributed by atoms with E-state index in [0.29, 0.717) is 0 Å². The molecule has 0 bridgehead atoms. The van der Waals surface area contributed by atoms with Crippen LogP contribution >= 0.6 is 9.24 Å². The van der Waals surface area contributed by atoms with Crippen LogP contribution in [0.2, 0.25) is 0 Å². The minimum Gasteiger partial charge on any atom is -0.127 e. The van der Waals surface area contributed by atoms with Gasteiger partial charge in [0.15, 0.2) is 0 Å². The lowest BCUT2D eigenvalue weighted by Gasteiger charge is -2.25. The summed E-state index contributed by atoms with van der Waals surface area (Å²) in [5.74, 6) is 0. The molecule has 0 N–H and O–H groups in total. The average Bonchev–Trinajstić information content (AvgIpc) is 1.99. The van der Waals surface area contributed by atoms with Crippen molar-refractivity contribution in [3.8, 4) is 0 Å². The van der Waals surface area contributed by atoms with E-state index in [9.17, 15) is 0 Å². The molecule has 0 spiro atoms. The summed E-state index contributed by atoms with van der Waals surface area (Å²) < 4.78 is 0. The van der Waals surface area contributed by atoms with E-state index in [1.165, 1.54) is 35.1 Å². The van der Waals surface area contributed by atoms with E-state index < -0.39 is 0 Å². The first-order valence-corrected chi connectivity index (χ1v) is 6.33. The topological polar surface area (TPSA) is 0 Å². The Morgan fingerprint density at radius 2 is 1.60 bits per heavy atom. The Morgan fingerprint density at radius 3 is 1.93 bits per heavy atom. The Labute approximate surface area is 96.7 Å². The van der Waals surface area contributed by atoms with Crippen molar-refractivity contribution in [2.75, 3.05) is 0 Å². The molecular formula is C14H23P. The van der Waals surface area contributed by atoms with E-state index in [4.69, 9.17) is 0 Å². The van der Waals surface area contributed by atoms with Gasteiger partial charge in [-0.1, -0.05) is 39.3 Å². The van der Waals surface area contributed by atoms with Gasteiger partial charge in [0, 0.05) is 5.16 Å². The first-order chi connectivity index (χ1) is 6.86. The number of hydrogen-bond acceptors (Lipinski definition) is 0. The summed E-state index contributed by atoms with van der Waals surface area (Å²) in [6, 6.07) is 4.69. The SMILES string of the molecule is CCCc1cc(C)c(C(C)(C)P)c(C)c1. The van der Waals surface area contributed by atoms with Gasteiger partial charge < -0.3 is 0 Å². The molecule has 1 aromatic carbocycles. The molecule has 1 heteroatoms. The Kier molecular flexibility index (Phi) is 3.95. The lowest BCUT2D eigenvalue weighted by molar-refractivity contribution is 0.764. The molecule has 0 heterocycles. The number of rotatable bonds is 3. The second-order valence-corrected chi connectivity index (χ2v) is 6.52. The summed E-state index contributed by atoms with van der Waals surface area (Å²) in [6.07, 6.45) is 2.42. The summed E-state index contributed by atoms with van der Waals surface area (Å²) in [5.41, 5.74) is 5.81. The Bertz CT molecular complexity index is 322. The van der Waals surface area contributed by atoms with E-state index >= 15 is 0 Å². The zero-order chi connectivity index (χ0) is 11.6. The lowest BCUT2D eigenvalue weighted by atomic mass is 9.90. The van der Waals surface area contributed by atoms with E-state index in [0.717, 1.165) is 0 Å². The summed E-state index contributed by atoms with van der Waals surface area (Å²) in [5, 5.41) is 0.179. The van der Waals surface area contributed by atoms with Crippen LogP contribution in [0.5, 0.6) is 0 Å². The van der Waals surface area contributed by atoms with Crippen LogP contribution in [0.3, 0.4) is 0 Å². The highest BCUT2D eigenvalue weighted by atomic mass is 31.0. The predicted octanol–water partition coefficient (Wildman–Crippen LogP) is 4.37. The molecule has 15 heavy (non-hydrogen) atoms. The third-order valence-corrected chi connectivity index (χ3v) is 3.06. The van der Waals surface area contributed by atoms with Gasteiger partial charge in [0.25, 0.3) is 0 Å². The van der Waals surface area contributed by atoms with E-state index in [-0.39, 0.29) is 5.16 Å². The van der Waals surface area contributed by atoms with Gasteiger partial charge in [0.05, 0.1) is 0 Å². The zero-order valence-corrected chi connectivity index (χ0v) is 11.8. The van der Waals surface area contributed by atoms with Crippen molar-refractivity contribution in [2.45, 2.75) is 52.6 Å². The van der Waals surface area contributed by atoms with Crippen molar-refractivity contribution >= 4 is 9.24 Å². The second-order valence-electron chi connectivity index (χ2n) is 5.08. The van der Waals surface area contributed by atoms with Crippen molar-refractivity contribution in [1.29, 1.82) is 0 Å². The average molecular weight is 222 g/mol. The van der Waals surface area contributed by atoms with E-state index in [2.05, 4.69) is 56.0 Å². The van der Waals surface area contributed by atoms with Crippen molar-refractivity contribution in [3.05, 3.63) is 34.4 Å². The Morgan fingerprint density at radius 1 is 1.13 bits per heavy atom.